The molecule has 0 bridgehead atoms. The number of carbonyl (C=O) groups excluding carboxylic acids is 3. The van der Waals surface area contributed by atoms with E-state index in [1.165, 1.54) is 13.3 Å². The SMILES string of the molecule is CC(=O)C1C(=O)C(=O)N(c2ccc(Br)cc2)[C@@H]1C1CCCCC1. The molecule has 1 aliphatic carbocycles. The fraction of sp³-hybridized carbons (Fsp3) is 0.500. The van der Waals surface area contributed by atoms with Crippen molar-refractivity contribution in [2.45, 2.75) is 45.1 Å². The smallest absolute Gasteiger partial charge is 0.295 e. The van der Waals surface area contributed by atoms with E-state index in [1.54, 1.807) is 4.90 Å². The summed E-state index contributed by atoms with van der Waals surface area (Å²) in [4.78, 5) is 38.7. The van der Waals surface area contributed by atoms with Gasteiger partial charge in [-0.2, -0.15) is 0 Å². The average molecular weight is 378 g/mol. The molecule has 4 nitrogen and oxygen atoms in total. The van der Waals surface area contributed by atoms with Crippen LogP contribution in [-0.2, 0) is 14.4 Å². The highest BCUT2D eigenvalue weighted by molar-refractivity contribution is 9.10. The molecule has 1 aromatic rings. The zero-order chi connectivity index (χ0) is 16.6. The van der Waals surface area contributed by atoms with E-state index in [0.717, 1.165) is 30.2 Å². The fourth-order valence-electron chi connectivity index (χ4n) is 3.97. The predicted octanol–water partition coefficient (Wildman–Crippen LogP) is 3.52. The van der Waals surface area contributed by atoms with E-state index in [0.29, 0.717) is 5.69 Å². The first-order valence-corrected chi connectivity index (χ1v) is 8.93. The average Bonchev–Trinajstić information content (AvgIpc) is 2.81. The number of carbonyl (C=O) groups is 3. The number of amides is 1. The van der Waals surface area contributed by atoms with Gasteiger partial charge < -0.3 is 4.90 Å². The summed E-state index contributed by atoms with van der Waals surface area (Å²) in [5.74, 6) is -1.87. The maximum absolute atomic E-state index is 12.6. The first-order valence-electron chi connectivity index (χ1n) is 8.14. The molecule has 2 fully saturated rings. The van der Waals surface area contributed by atoms with Crippen molar-refractivity contribution >= 4 is 39.1 Å². The summed E-state index contributed by atoms with van der Waals surface area (Å²) in [5.41, 5.74) is 0.700. The van der Waals surface area contributed by atoms with E-state index in [-0.39, 0.29) is 17.7 Å². The van der Waals surface area contributed by atoms with Crippen LogP contribution in [0.15, 0.2) is 28.7 Å². The molecule has 0 radical (unpaired) electrons. The zero-order valence-electron chi connectivity index (χ0n) is 13.1. The Morgan fingerprint density at radius 3 is 2.26 bits per heavy atom. The number of Topliss-reactive ketones (excluding diaryl/α,β-unsaturated/α-hetero) is 2. The van der Waals surface area contributed by atoms with Crippen LogP contribution in [0.25, 0.3) is 0 Å². The summed E-state index contributed by atoms with van der Waals surface area (Å²) in [7, 11) is 0. The number of hydrogen-bond donors (Lipinski definition) is 0. The van der Waals surface area contributed by atoms with Gasteiger partial charge >= 0.3 is 0 Å². The molecule has 0 N–H and O–H groups in total. The number of halogens is 1. The van der Waals surface area contributed by atoms with Gasteiger partial charge in [0.15, 0.2) is 0 Å². The van der Waals surface area contributed by atoms with E-state index >= 15 is 0 Å². The van der Waals surface area contributed by atoms with Crippen LogP contribution in [0.1, 0.15) is 39.0 Å². The van der Waals surface area contributed by atoms with Gasteiger partial charge in [-0.05, 0) is 49.9 Å². The summed E-state index contributed by atoms with van der Waals surface area (Å²) in [6, 6.07) is 7.04. The summed E-state index contributed by atoms with van der Waals surface area (Å²) < 4.78 is 0.913. The maximum Gasteiger partial charge on any atom is 0.295 e. The van der Waals surface area contributed by atoms with Crippen molar-refractivity contribution in [3.63, 3.8) is 0 Å². The van der Waals surface area contributed by atoms with E-state index in [1.807, 2.05) is 24.3 Å². The lowest BCUT2D eigenvalue weighted by atomic mass is 9.77. The Kier molecular flexibility index (Phi) is 4.67. The highest BCUT2D eigenvalue weighted by atomic mass is 79.9. The zero-order valence-corrected chi connectivity index (χ0v) is 14.7. The maximum atomic E-state index is 12.6. The van der Waals surface area contributed by atoms with E-state index < -0.39 is 17.6 Å². The molecule has 0 aromatic heterocycles. The van der Waals surface area contributed by atoms with Crippen LogP contribution in [0.3, 0.4) is 0 Å². The third-order valence-corrected chi connectivity index (χ3v) is 5.56. The molecular formula is C18H20BrNO3. The molecule has 122 valence electrons. The van der Waals surface area contributed by atoms with Gasteiger partial charge in [-0.1, -0.05) is 35.2 Å². The quantitative estimate of drug-likeness (QED) is 0.598. The standard InChI is InChI=1S/C18H20BrNO3/c1-11(21)15-16(12-5-3-2-4-6-12)20(18(23)17(15)22)14-9-7-13(19)8-10-14/h7-10,12,15-16H,2-6H2,1H3/t15?,16-/m1/s1. The van der Waals surface area contributed by atoms with Crippen molar-refractivity contribution in [3.05, 3.63) is 28.7 Å². The van der Waals surface area contributed by atoms with Crippen molar-refractivity contribution < 1.29 is 14.4 Å². The van der Waals surface area contributed by atoms with Crippen molar-refractivity contribution in [1.29, 1.82) is 0 Å². The van der Waals surface area contributed by atoms with Crippen LogP contribution in [0, 0.1) is 11.8 Å². The molecule has 0 spiro atoms. The van der Waals surface area contributed by atoms with Crippen LogP contribution in [0.2, 0.25) is 0 Å². The lowest BCUT2D eigenvalue weighted by Gasteiger charge is -2.35. The van der Waals surface area contributed by atoms with Crippen LogP contribution >= 0.6 is 15.9 Å². The van der Waals surface area contributed by atoms with Crippen molar-refractivity contribution in [2.75, 3.05) is 4.90 Å². The Hall–Kier alpha value is -1.49. The molecule has 1 saturated carbocycles. The minimum Gasteiger partial charge on any atom is -0.301 e. The number of ketones is 2. The Morgan fingerprint density at radius 1 is 1.09 bits per heavy atom. The second-order valence-corrected chi connectivity index (χ2v) is 7.41. The normalized spacial score (nSPS) is 25.9. The second-order valence-electron chi connectivity index (χ2n) is 6.49. The van der Waals surface area contributed by atoms with Crippen LogP contribution in [0.4, 0.5) is 5.69 Å². The van der Waals surface area contributed by atoms with Gasteiger partial charge in [0.05, 0.1) is 6.04 Å². The fourth-order valence-corrected chi connectivity index (χ4v) is 4.23. The van der Waals surface area contributed by atoms with E-state index in [9.17, 15) is 14.4 Å². The van der Waals surface area contributed by atoms with Crippen molar-refractivity contribution in [3.8, 4) is 0 Å². The van der Waals surface area contributed by atoms with E-state index in [2.05, 4.69) is 15.9 Å². The number of benzene rings is 1. The molecule has 5 heteroatoms. The topological polar surface area (TPSA) is 54.5 Å². The van der Waals surface area contributed by atoms with Gasteiger partial charge in [0.25, 0.3) is 5.91 Å². The van der Waals surface area contributed by atoms with Gasteiger partial charge in [-0.3, -0.25) is 14.4 Å². The molecule has 1 heterocycles. The molecule has 1 aliphatic heterocycles. The number of nitrogens with zero attached hydrogens (tertiary/aromatic N) is 1. The van der Waals surface area contributed by atoms with Crippen molar-refractivity contribution in [2.24, 2.45) is 11.8 Å². The van der Waals surface area contributed by atoms with Crippen LogP contribution < -0.4 is 4.90 Å². The van der Waals surface area contributed by atoms with Crippen LogP contribution in [-0.4, -0.2) is 23.5 Å². The third-order valence-electron chi connectivity index (χ3n) is 5.03. The molecule has 1 unspecified atom stereocenters. The Morgan fingerprint density at radius 2 is 1.70 bits per heavy atom. The Balaban J connectivity index is 2.02. The highest BCUT2D eigenvalue weighted by Gasteiger charge is 2.52. The molecule has 23 heavy (non-hydrogen) atoms. The van der Waals surface area contributed by atoms with Gasteiger partial charge in [0, 0.05) is 10.2 Å². The van der Waals surface area contributed by atoms with Gasteiger partial charge in [-0.15, -0.1) is 0 Å². The minimum atomic E-state index is -0.811. The molecule has 2 aliphatic rings. The summed E-state index contributed by atoms with van der Waals surface area (Å²) in [6.07, 6.45) is 5.34. The Labute approximate surface area is 144 Å². The summed E-state index contributed by atoms with van der Waals surface area (Å²) >= 11 is 3.38. The number of hydrogen-bond acceptors (Lipinski definition) is 3. The first-order chi connectivity index (χ1) is 11.0. The first kappa shape index (κ1) is 16.4. The number of anilines is 1. The molecular weight excluding hydrogens is 358 g/mol. The molecule has 1 aromatic carbocycles. The van der Waals surface area contributed by atoms with Gasteiger partial charge in [0.2, 0.25) is 5.78 Å². The highest BCUT2D eigenvalue weighted by Crippen LogP contribution is 2.39. The minimum absolute atomic E-state index is 0.196. The third kappa shape index (κ3) is 2.99. The monoisotopic (exact) mass is 377 g/mol. The van der Waals surface area contributed by atoms with Crippen LogP contribution in [0.5, 0.6) is 0 Å². The van der Waals surface area contributed by atoms with E-state index in [4.69, 9.17) is 0 Å². The Bertz CT molecular complexity index is 634. The number of rotatable bonds is 3. The molecule has 3 rings (SSSR count). The van der Waals surface area contributed by atoms with Crippen molar-refractivity contribution in [1.82, 2.24) is 0 Å². The molecule has 2 atom stereocenters. The molecule has 1 amide bonds. The summed E-state index contributed by atoms with van der Waals surface area (Å²) in [6.45, 7) is 1.43. The summed E-state index contributed by atoms with van der Waals surface area (Å²) in [5, 5.41) is 0. The molecule has 1 saturated heterocycles. The largest absolute Gasteiger partial charge is 0.301 e. The second kappa shape index (κ2) is 6.56. The van der Waals surface area contributed by atoms with Gasteiger partial charge in [0.1, 0.15) is 11.7 Å². The lowest BCUT2D eigenvalue weighted by Crippen LogP contribution is -2.43. The van der Waals surface area contributed by atoms with Gasteiger partial charge in [-0.25, -0.2) is 0 Å². The predicted molar refractivity (Wildman–Crippen MR) is 91.2 cm³/mol. The lowest BCUT2D eigenvalue weighted by molar-refractivity contribution is -0.138.